The normalized spacial score (nSPS) is 22.5. The summed E-state index contributed by atoms with van der Waals surface area (Å²) in [5.41, 5.74) is 0. The highest BCUT2D eigenvalue weighted by Crippen LogP contribution is 2.09. The number of piperidine rings is 1. The highest BCUT2D eigenvalue weighted by atomic mass is 35.5. The smallest absolute Gasteiger partial charge is 0.241 e. The Morgan fingerprint density at radius 2 is 2.33 bits per heavy atom. The van der Waals surface area contributed by atoms with E-state index < -0.39 is 0 Å². The Kier molecular flexibility index (Phi) is 7.98. The third kappa shape index (κ3) is 4.84. The third-order valence-corrected chi connectivity index (χ3v) is 3.00. The first kappa shape index (κ1) is 17.2. The van der Waals surface area contributed by atoms with Gasteiger partial charge >= 0.3 is 0 Å². The molecule has 1 aromatic heterocycles. The molecule has 1 aliphatic heterocycles. The van der Waals surface area contributed by atoms with Crippen LogP contribution in [0.5, 0.6) is 0 Å². The van der Waals surface area contributed by atoms with Crippen molar-refractivity contribution < 1.29 is 4.79 Å². The van der Waals surface area contributed by atoms with Crippen LogP contribution in [0.2, 0.25) is 0 Å². The second kappa shape index (κ2) is 8.34. The fourth-order valence-electron chi connectivity index (χ4n) is 2.02. The van der Waals surface area contributed by atoms with Crippen LogP contribution in [-0.4, -0.2) is 34.8 Å². The number of halogens is 2. The van der Waals surface area contributed by atoms with E-state index in [0.717, 1.165) is 19.5 Å². The minimum Gasteiger partial charge on any atom is -0.351 e. The van der Waals surface area contributed by atoms with E-state index in [2.05, 4.69) is 22.7 Å². The summed E-state index contributed by atoms with van der Waals surface area (Å²) in [6.45, 7) is 4.43. The van der Waals surface area contributed by atoms with Crippen LogP contribution < -0.4 is 10.6 Å². The van der Waals surface area contributed by atoms with Gasteiger partial charge in [-0.05, 0) is 31.5 Å². The highest BCUT2D eigenvalue weighted by molar-refractivity contribution is 5.85. The average molecular weight is 295 g/mol. The van der Waals surface area contributed by atoms with Gasteiger partial charge in [-0.15, -0.1) is 24.8 Å². The standard InChI is InChI=1S/C11H18N4O.2ClH/c1-9-7-12-5-3-10(9)14-11(16)8-15-6-2-4-13-15;;/h2,4,6,9-10,12H,3,5,7-8H2,1H3,(H,14,16);2*1H. The molecule has 2 N–H and O–H groups in total. The van der Waals surface area contributed by atoms with E-state index in [1.165, 1.54) is 0 Å². The van der Waals surface area contributed by atoms with Gasteiger partial charge < -0.3 is 10.6 Å². The molecule has 1 aliphatic rings. The predicted octanol–water partition coefficient (Wildman–Crippen LogP) is 0.841. The number of nitrogens with one attached hydrogen (secondary N) is 2. The van der Waals surface area contributed by atoms with Gasteiger partial charge in [-0.25, -0.2) is 0 Å². The van der Waals surface area contributed by atoms with Crippen molar-refractivity contribution in [1.29, 1.82) is 0 Å². The molecular weight excluding hydrogens is 275 g/mol. The minimum absolute atomic E-state index is 0. The van der Waals surface area contributed by atoms with Gasteiger partial charge in [0.1, 0.15) is 6.54 Å². The molecule has 0 radical (unpaired) electrons. The fourth-order valence-corrected chi connectivity index (χ4v) is 2.02. The summed E-state index contributed by atoms with van der Waals surface area (Å²) in [6.07, 6.45) is 4.48. The molecule has 1 amide bonds. The first-order valence-electron chi connectivity index (χ1n) is 5.73. The molecule has 1 fully saturated rings. The lowest BCUT2D eigenvalue weighted by Gasteiger charge is -2.30. The molecule has 0 spiro atoms. The van der Waals surface area contributed by atoms with Gasteiger partial charge in [0.15, 0.2) is 0 Å². The van der Waals surface area contributed by atoms with Crippen LogP contribution >= 0.6 is 24.8 Å². The van der Waals surface area contributed by atoms with Gasteiger partial charge in [0, 0.05) is 18.4 Å². The molecule has 2 rings (SSSR count). The van der Waals surface area contributed by atoms with Gasteiger partial charge in [0.25, 0.3) is 0 Å². The second-order valence-electron chi connectivity index (χ2n) is 4.35. The molecule has 7 heteroatoms. The van der Waals surface area contributed by atoms with E-state index >= 15 is 0 Å². The summed E-state index contributed by atoms with van der Waals surface area (Å²) in [5.74, 6) is 0.540. The number of carbonyl (C=O) groups excluding carboxylic acids is 1. The Balaban J connectivity index is 0.00000144. The molecular formula is C11H20Cl2N4O. The Morgan fingerprint density at radius 3 is 2.94 bits per heavy atom. The molecule has 0 aliphatic carbocycles. The Morgan fingerprint density at radius 1 is 1.56 bits per heavy atom. The van der Waals surface area contributed by atoms with E-state index in [4.69, 9.17) is 0 Å². The molecule has 5 nitrogen and oxygen atoms in total. The summed E-state index contributed by atoms with van der Waals surface area (Å²) < 4.78 is 1.64. The maximum Gasteiger partial charge on any atom is 0.241 e. The largest absolute Gasteiger partial charge is 0.351 e. The molecule has 2 atom stereocenters. The van der Waals surface area contributed by atoms with E-state index in [1.54, 1.807) is 17.1 Å². The number of rotatable bonds is 3. The van der Waals surface area contributed by atoms with Crippen molar-refractivity contribution in [2.45, 2.75) is 25.9 Å². The van der Waals surface area contributed by atoms with Crippen molar-refractivity contribution in [3.05, 3.63) is 18.5 Å². The zero-order valence-electron chi connectivity index (χ0n) is 10.3. The molecule has 104 valence electrons. The van der Waals surface area contributed by atoms with Gasteiger partial charge in [0.2, 0.25) is 5.91 Å². The minimum atomic E-state index is 0. The first-order chi connectivity index (χ1) is 7.75. The number of nitrogens with zero attached hydrogens (tertiary/aromatic N) is 2. The van der Waals surface area contributed by atoms with E-state index in [9.17, 15) is 4.79 Å². The predicted molar refractivity (Wildman–Crippen MR) is 75.3 cm³/mol. The van der Waals surface area contributed by atoms with E-state index in [1.807, 2.05) is 6.07 Å². The van der Waals surface area contributed by atoms with Gasteiger partial charge in [-0.1, -0.05) is 6.92 Å². The molecule has 0 aromatic carbocycles. The van der Waals surface area contributed by atoms with Crippen molar-refractivity contribution in [3.63, 3.8) is 0 Å². The summed E-state index contributed by atoms with van der Waals surface area (Å²) in [4.78, 5) is 11.7. The Hall–Kier alpha value is -0.780. The summed E-state index contributed by atoms with van der Waals surface area (Å²) in [5, 5.41) is 10.4. The zero-order valence-corrected chi connectivity index (χ0v) is 12.0. The molecule has 1 aromatic rings. The highest BCUT2D eigenvalue weighted by Gasteiger charge is 2.22. The van der Waals surface area contributed by atoms with Crippen LogP contribution in [0.25, 0.3) is 0 Å². The molecule has 0 bridgehead atoms. The molecule has 2 unspecified atom stereocenters. The second-order valence-corrected chi connectivity index (χ2v) is 4.35. The van der Waals surface area contributed by atoms with Crippen molar-refractivity contribution in [1.82, 2.24) is 20.4 Å². The lowest BCUT2D eigenvalue weighted by Crippen LogP contribution is -2.49. The number of carbonyl (C=O) groups is 1. The first-order valence-corrected chi connectivity index (χ1v) is 5.73. The maximum atomic E-state index is 11.7. The fraction of sp³-hybridized carbons (Fsp3) is 0.636. The van der Waals surface area contributed by atoms with Crippen LogP contribution in [0.15, 0.2) is 18.5 Å². The summed E-state index contributed by atoms with van der Waals surface area (Å²) >= 11 is 0. The van der Waals surface area contributed by atoms with Gasteiger partial charge in [0.05, 0.1) is 0 Å². The number of hydrogen-bond donors (Lipinski definition) is 2. The van der Waals surface area contributed by atoms with Gasteiger partial charge in [-0.2, -0.15) is 5.10 Å². The van der Waals surface area contributed by atoms with Crippen LogP contribution in [0, 0.1) is 5.92 Å². The van der Waals surface area contributed by atoms with Crippen molar-refractivity contribution in [3.8, 4) is 0 Å². The number of aromatic nitrogens is 2. The van der Waals surface area contributed by atoms with Crippen LogP contribution in [0.1, 0.15) is 13.3 Å². The Bertz CT molecular complexity index is 345. The SMILES string of the molecule is CC1CNCCC1NC(=O)Cn1cccn1.Cl.Cl. The van der Waals surface area contributed by atoms with Crippen LogP contribution in [0.4, 0.5) is 0 Å². The third-order valence-electron chi connectivity index (χ3n) is 3.00. The average Bonchev–Trinajstić information content (AvgIpc) is 2.74. The zero-order chi connectivity index (χ0) is 11.4. The maximum absolute atomic E-state index is 11.7. The molecule has 2 heterocycles. The monoisotopic (exact) mass is 294 g/mol. The summed E-state index contributed by atoms with van der Waals surface area (Å²) in [6, 6.07) is 2.12. The van der Waals surface area contributed by atoms with E-state index in [-0.39, 0.29) is 30.7 Å². The van der Waals surface area contributed by atoms with Crippen LogP contribution in [-0.2, 0) is 11.3 Å². The topological polar surface area (TPSA) is 58.9 Å². The van der Waals surface area contributed by atoms with Crippen molar-refractivity contribution in [2.75, 3.05) is 13.1 Å². The van der Waals surface area contributed by atoms with Crippen molar-refractivity contribution >= 4 is 30.7 Å². The van der Waals surface area contributed by atoms with Gasteiger partial charge in [-0.3, -0.25) is 9.48 Å². The molecule has 1 saturated heterocycles. The molecule has 18 heavy (non-hydrogen) atoms. The van der Waals surface area contributed by atoms with E-state index in [0.29, 0.717) is 18.5 Å². The number of amides is 1. The lowest BCUT2D eigenvalue weighted by atomic mass is 9.95. The summed E-state index contributed by atoms with van der Waals surface area (Å²) in [7, 11) is 0. The Labute approximate surface area is 120 Å². The van der Waals surface area contributed by atoms with Crippen molar-refractivity contribution in [2.24, 2.45) is 5.92 Å². The molecule has 0 saturated carbocycles. The van der Waals surface area contributed by atoms with Crippen LogP contribution in [0.3, 0.4) is 0 Å². The quantitative estimate of drug-likeness (QED) is 0.869. The lowest BCUT2D eigenvalue weighted by molar-refractivity contribution is -0.123. The number of hydrogen-bond acceptors (Lipinski definition) is 3.